The van der Waals surface area contributed by atoms with Gasteiger partial charge in [-0.1, -0.05) is 41.1 Å². The second-order valence-electron chi connectivity index (χ2n) is 8.44. The molecule has 7 heteroatoms. The van der Waals surface area contributed by atoms with Gasteiger partial charge in [0, 0.05) is 11.5 Å². The lowest BCUT2D eigenvalue weighted by atomic mass is 9.95. The number of nitrogens with zero attached hydrogens (tertiary/aromatic N) is 3. The molecule has 2 aromatic carbocycles. The lowest BCUT2D eigenvalue weighted by Gasteiger charge is -2.30. The molecule has 3 aromatic rings. The van der Waals surface area contributed by atoms with Crippen LogP contribution in [0.2, 0.25) is 0 Å². The smallest absolute Gasteiger partial charge is 0.241 e. The first-order chi connectivity index (χ1) is 15.5. The van der Waals surface area contributed by atoms with E-state index in [4.69, 9.17) is 9.26 Å². The van der Waals surface area contributed by atoms with Crippen LogP contribution in [0.25, 0.3) is 11.4 Å². The molecule has 1 N–H and O–H groups in total. The summed E-state index contributed by atoms with van der Waals surface area (Å²) in [5.41, 5.74) is 3.19. The summed E-state index contributed by atoms with van der Waals surface area (Å²) in [5.74, 6) is 2.18. The maximum atomic E-state index is 12.8. The maximum absolute atomic E-state index is 12.8. The first-order valence-corrected chi connectivity index (χ1v) is 11.1. The van der Waals surface area contributed by atoms with E-state index in [0.717, 1.165) is 48.4 Å². The molecule has 1 amide bonds. The van der Waals surface area contributed by atoms with Gasteiger partial charge < -0.3 is 14.6 Å². The van der Waals surface area contributed by atoms with E-state index >= 15 is 0 Å². The van der Waals surface area contributed by atoms with Crippen LogP contribution in [0.15, 0.2) is 53.1 Å². The number of aryl methyl sites for hydroxylation is 1. The van der Waals surface area contributed by atoms with Gasteiger partial charge in [0.05, 0.1) is 19.7 Å². The van der Waals surface area contributed by atoms with E-state index < -0.39 is 0 Å². The molecule has 1 aromatic heterocycles. The van der Waals surface area contributed by atoms with Crippen molar-refractivity contribution in [2.24, 2.45) is 5.92 Å². The molecular weight excluding hydrogens is 404 g/mol. The number of piperidine rings is 1. The number of likely N-dealkylation sites (tertiary alicyclic amines) is 1. The zero-order valence-electron chi connectivity index (χ0n) is 18.9. The number of hydrogen-bond acceptors (Lipinski definition) is 6. The number of benzene rings is 2. The molecule has 2 heterocycles. The van der Waals surface area contributed by atoms with Gasteiger partial charge in [0.25, 0.3) is 0 Å². The monoisotopic (exact) mass is 434 g/mol. The lowest BCUT2D eigenvalue weighted by Crippen LogP contribution is -2.40. The van der Waals surface area contributed by atoms with Gasteiger partial charge in [0.15, 0.2) is 0 Å². The van der Waals surface area contributed by atoms with Gasteiger partial charge in [-0.2, -0.15) is 4.98 Å². The number of hydrogen-bond donors (Lipinski definition) is 1. The molecule has 0 radical (unpaired) electrons. The third-order valence-corrected chi connectivity index (χ3v) is 6.04. The minimum Gasteiger partial charge on any atom is -0.497 e. The largest absolute Gasteiger partial charge is 0.497 e. The SMILES string of the molecule is COc1ccc(C(C)NC(=O)C2CCN(Cc3nc(-c4cccc(C)c4)no3)CC2)cc1. The van der Waals surface area contributed by atoms with Crippen LogP contribution >= 0.6 is 0 Å². The summed E-state index contributed by atoms with van der Waals surface area (Å²) in [5, 5.41) is 7.28. The van der Waals surface area contributed by atoms with Crippen molar-refractivity contribution in [1.82, 2.24) is 20.4 Å². The van der Waals surface area contributed by atoms with Crippen LogP contribution in [0.1, 0.15) is 42.8 Å². The van der Waals surface area contributed by atoms with Gasteiger partial charge >= 0.3 is 0 Å². The fourth-order valence-electron chi connectivity index (χ4n) is 4.07. The van der Waals surface area contributed by atoms with Crippen LogP contribution in [-0.4, -0.2) is 41.1 Å². The molecule has 1 aliphatic rings. The van der Waals surface area contributed by atoms with Crippen molar-refractivity contribution in [2.75, 3.05) is 20.2 Å². The summed E-state index contributed by atoms with van der Waals surface area (Å²) in [6, 6.07) is 15.8. The summed E-state index contributed by atoms with van der Waals surface area (Å²) < 4.78 is 10.7. The van der Waals surface area contributed by atoms with Gasteiger partial charge in [-0.25, -0.2) is 0 Å². The van der Waals surface area contributed by atoms with Gasteiger partial charge in [-0.15, -0.1) is 0 Å². The summed E-state index contributed by atoms with van der Waals surface area (Å²) in [6.45, 7) is 6.32. The van der Waals surface area contributed by atoms with E-state index in [1.54, 1.807) is 7.11 Å². The quantitative estimate of drug-likeness (QED) is 0.602. The number of aromatic nitrogens is 2. The molecular formula is C25H30N4O3. The number of carbonyl (C=O) groups excluding carboxylic acids is 1. The van der Waals surface area contributed by atoms with E-state index in [-0.39, 0.29) is 17.9 Å². The Morgan fingerprint density at radius 1 is 1.22 bits per heavy atom. The Morgan fingerprint density at radius 3 is 2.66 bits per heavy atom. The standard InChI is InChI=1S/C25H30N4O3/c1-17-5-4-6-21(15-17)24-27-23(32-28-24)16-29-13-11-20(12-14-29)25(30)26-18(2)19-7-9-22(31-3)10-8-19/h4-10,15,18,20H,11-14,16H2,1-3H3,(H,26,30). The fraction of sp³-hybridized carbons (Fsp3) is 0.400. The highest BCUT2D eigenvalue weighted by Gasteiger charge is 2.27. The Bertz CT molecular complexity index is 1040. The molecule has 4 rings (SSSR count). The van der Waals surface area contributed by atoms with Crippen molar-refractivity contribution in [1.29, 1.82) is 0 Å². The highest BCUT2D eigenvalue weighted by Crippen LogP contribution is 2.23. The van der Waals surface area contributed by atoms with Crippen molar-refractivity contribution in [3.8, 4) is 17.1 Å². The average molecular weight is 435 g/mol. The topological polar surface area (TPSA) is 80.5 Å². The molecule has 0 aliphatic carbocycles. The number of amides is 1. The number of rotatable bonds is 7. The predicted molar refractivity (Wildman–Crippen MR) is 122 cm³/mol. The van der Waals surface area contributed by atoms with Crippen LogP contribution in [0, 0.1) is 12.8 Å². The zero-order valence-corrected chi connectivity index (χ0v) is 18.9. The second-order valence-corrected chi connectivity index (χ2v) is 8.44. The maximum Gasteiger partial charge on any atom is 0.241 e. The third kappa shape index (κ3) is 5.34. The van der Waals surface area contributed by atoms with E-state index in [1.165, 1.54) is 0 Å². The van der Waals surface area contributed by atoms with E-state index in [0.29, 0.717) is 18.3 Å². The van der Waals surface area contributed by atoms with Crippen molar-refractivity contribution in [3.05, 3.63) is 65.5 Å². The summed E-state index contributed by atoms with van der Waals surface area (Å²) in [4.78, 5) is 19.6. The molecule has 1 fully saturated rings. The van der Waals surface area contributed by atoms with Crippen LogP contribution in [0.3, 0.4) is 0 Å². The predicted octanol–water partition coefficient (Wildman–Crippen LogP) is 4.14. The van der Waals surface area contributed by atoms with Crippen LogP contribution in [-0.2, 0) is 11.3 Å². The lowest BCUT2D eigenvalue weighted by molar-refractivity contribution is -0.127. The number of nitrogens with one attached hydrogen (secondary N) is 1. The molecule has 0 saturated carbocycles. The van der Waals surface area contributed by atoms with Gasteiger partial charge in [-0.05, 0) is 63.5 Å². The van der Waals surface area contributed by atoms with Crippen molar-refractivity contribution >= 4 is 5.91 Å². The Kier molecular flexibility index (Phi) is 6.85. The van der Waals surface area contributed by atoms with Crippen molar-refractivity contribution < 1.29 is 14.1 Å². The average Bonchev–Trinajstić information content (AvgIpc) is 3.28. The van der Waals surface area contributed by atoms with Gasteiger partial charge in [-0.3, -0.25) is 9.69 Å². The van der Waals surface area contributed by atoms with Crippen LogP contribution in [0.4, 0.5) is 0 Å². The Balaban J connectivity index is 1.26. The molecule has 32 heavy (non-hydrogen) atoms. The summed E-state index contributed by atoms with van der Waals surface area (Å²) >= 11 is 0. The Morgan fingerprint density at radius 2 is 1.97 bits per heavy atom. The minimum atomic E-state index is -0.0372. The number of ether oxygens (including phenoxy) is 1. The van der Waals surface area contributed by atoms with Gasteiger partial charge in [0.1, 0.15) is 5.75 Å². The number of methoxy groups -OCH3 is 1. The van der Waals surface area contributed by atoms with Crippen molar-refractivity contribution in [3.63, 3.8) is 0 Å². The van der Waals surface area contributed by atoms with Crippen LogP contribution in [0.5, 0.6) is 5.75 Å². The minimum absolute atomic E-state index is 0.0255. The highest BCUT2D eigenvalue weighted by atomic mass is 16.5. The Labute approximate surface area is 188 Å². The molecule has 0 bridgehead atoms. The summed E-state index contributed by atoms with van der Waals surface area (Å²) in [7, 11) is 1.65. The molecule has 168 valence electrons. The summed E-state index contributed by atoms with van der Waals surface area (Å²) in [6.07, 6.45) is 1.64. The van der Waals surface area contributed by atoms with E-state index in [9.17, 15) is 4.79 Å². The second kappa shape index (κ2) is 9.96. The third-order valence-electron chi connectivity index (χ3n) is 6.04. The molecule has 1 saturated heterocycles. The fourth-order valence-corrected chi connectivity index (χ4v) is 4.07. The normalized spacial score (nSPS) is 16.0. The Hall–Kier alpha value is -3.19. The van der Waals surface area contributed by atoms with Crippen LogP contribution < -0.4 is 10.1 Å². The van der Waals surface area contributed by atoms with E-state index in [1.807, 2.05) is 62.4 Å². The molecule has 1 unspecified atom stereocenters. The van der Waals surface area contributed by atoms with Crippen molar-refractivity contribution in [2.45, 2.75) is 39.3 Å². The molecule has 1 atom stereocenters. The molecule has 7 nitrogen and oxygen atoms in total. The molecule has 0 spiro atoms. The molecule has 1 aliphatic heterocycles. The first-order valence-electron chi connectivity index (χ1n) is 11.1. The zero-order chi connectivity index (χ0) is 22.5. The first kappa shape index (κ1) is 22.0. The highest BCUT2D eigenvalue weighted by molar-refractivity contribution is 5.79. The van der Waals surface area contributed by atoms with E-state index in [2.05, 4.69) is 20.4 Å². The van der Waals surface area contributed by atoms with Gasteiger partial charge in [0.2, 0.25) is 17.6 Å². The number of carbonyl (C=O) groups is 1.